The van der Waals surface area contributed by atoms with Gasteiger partial charge in [0.2, 0.25) is 0 Å². The summed E-state index contributed by atoms with van der Waals surface area (Å²) in [7, 11) is 0. The largest absolute Gasteiger partial charge is 0.465 e. The van der Waals surface area contributed by atoms with Crippen LogP contribution in [-0.4, -0.2) is 16.2 Å². The van der Waals surface area contributed by atoms with Crippen molar-refractivity contribution in [2.45, 2.75) is 25.8 Å². The summed E-state index contributed by atoms with van der Waals surface area (Å²) in [6, 6.07) is 12.4. The number of hydrogen-bond acceptors (Lipinski definition) is 4. The molecule has 0 spiro atoms. The standard InChI is InChI=1S/C20H18FN3O2S/c21-14-7-6-13-2-1-3-17-18(16(13)10-14)24-19(27-17)23-15-8-4-12(5-9-15)11-22-20(25)26/h4-10,22H,1-3,11H2,(H,23,24)(H,25,26). The van der Waals surface area contributed by atoms with E-state index in [1.165, 1.54) is 10.9 Å². The number of hydrogen-bond donors (Lipinski definition) is 3. The molecule has 1 aliphatic rings. The van der Waals surface area contributed by atoms with Crippen LogP contribution in [-0.2, 0) is 19.4 Å². The third kappa shape index (κ3) is 3.93. The number of amides is 1. The van der Waals surface area contributed by atoms with Crippen molar-refractivity contribution < 1.29 is 14.3 Å². The van der Waals surface area contributed by atoms with E-state index >= 15 is 0 Å². The molecule has 0 saturated carbocycles. The molecular formula is C20H18FN3O2S. The monoisotopic (exact) mass is 383 g/mol. The van der Waals surface area contributed by atoms with E-state index in [1.807, 2.05) is 30.3 Å². The zero-order valence-electron chi connectivity index (χ0n) is 14.5. The highest BCUT2D eigenvalue weighted by atomic mass is 32.1. The molecule has 27 heavy (non-hydrogen) atoms. The first kappa shape index (κ1) is 17.5. The van der Waals surface area contributed by atoms with Gasteiger partial charge in [-0.15, -0.1) is 11.3 Å². The van der Waals surface area contributed by atoms with Gasteiger partial charge in [-0.2, -0.15) is 0 Å². The quantitative estimate of drug-likeness (QED) is 0.596. The van der Waals surface area contributed by atoms with E-state index in [9.17, 15) is 9.18 Å². The fourth-order valence-corrected chi connectivity index (χ4v) is 4.26. The number of nitrogens with zero attached hydrogens (tertiary/aromatic N) is 1. The molecule has 4 rings (SSSR count). The summed E-state index contributed by atoms with van der Waals surface area (Å²) in [6.07, 6.45) is 1.86. The van der Waals surface area contributed by atoms with Gasteiger partial charge in [-0.05, 0) is 54.7 Å². The summed E-state index contributed by atoms with van der Waals surface area (Å²) in [5.41, 5.74) is 4.65. The summed E-state index contributed by atoms with van der Waals surface area (Å²) in [6.45, 7) is 0.267. The average Bonchev–Trinajstić information content (AvgIpc) is 2.97. The maximum atomic E-state index is 13.7. The summed E-state index contributed by atoms with van der Waals surface area (Å²) >= 11 is 1.60. The highest BCUT2D eigenvalue weighted by Crippen LogP contribution is 2.38. The molecule has 3 aromatic rings. The number of carbonyl (C=O) groups is 1. The molecule has 1 amide bonds. The first-order valence-electron chi connectivity index (χ1n) is 8.70. The lowest BCUT2D eigenvalue weighted by Crippen LogP contribution is -2.19. The molecule has 0 aliphatic heterocycles. The Kier molecular flexibility index (Phi) is 4.77. The van der Waals surface area contributed by atoms with E-state index in [1.54, 1.807) is 17.4 Å². The van der Waals surface area contributed by atoms with Gasteiger partial charge in [0.15, 0.2) is 5.13 Å². The van der Waals surface area contributed by atoms with Crippen molar-refractivity contribution in [2.24, 2.45) is 0 Å². The van der Waals surface area contributed by atoms with Gasteiger partial charge in [-0.1, -0.05) is 18.2 Å². The number of halogens is 1. The number of thiazole rings is 1. The first-order valence-corrected chi connectivity index (χ1v) is 9.51. The van der Waals surface area contributed by atoms with E-state index in [4.69, 9.17) is 10.1 Å². The summed E-state index contributed by atoms with van der Waals surface area (Å²) in [5.74, 6) is -0.241. The minimum Gasteiger partial charge on any atom is -0.465 e. The molecule has 0 unspecified atom stereocenters. The van der Waals surface area contributed by atoms with Crippen LogP contribution >= 0.6 is 11.3 Å². The van der Waals surface area contributed by atoms with Crippen molar-refractivity contribution in [1.82, 2.24) is 10.3 Å². The maximum Gasteiger partial charge on any atom is 0.404 e. The van der Waals surface area contributed by atoms with E-state index in [0.29, 0.717) is 0 Å². The molecule has 7 heteroatoms. The summed E-state index contributed by atoms with van der Waals surface area (Å²) in [5, 5.41) is 15.1. The number of carboxylic acid groups (broad SMARTS) is 1. The molecule has 0 radical (unpaired) electrons. The topological polar surface area (TPSA) is 74.2 Å². The molecule has 1 aromatic heterocycles. The number of nitrogens with one attached hydrogen (secondary N) is 2. The highest BCUT2D eigenvalue weighted by molar-refractivity contribution is 7.16. The minimum absolute atomic E-state index is 0.241. The molecule has 0 atom stereocenters. The van der Waals surface area contributed by atoms with Gasteiger partial charge in [0, 0.05) is 22.7 Å². The van der Waals surface area contributed by atoms with Gasteiger partial charge in [0.05, 0.1) is 5.69 Å². The molecule has 0 bridgehead atoms. The normalized spacial score (nSPS) is 12.6. The zero-order chi connectivity index (χ0) is 18.8. The van der Waals surface area contributed by atoms with Crippen LogP contribution in [0.3, 0.4) is 0 Å². The Morgan fingerprint density at radius 1 is 1.19 bits per heavy atom. The number of fused-ring (bicyclic) bond motifs is 3. The highest BCUT2D eigenvalue weighted by Gasteiger charge is 2.20. The fraction of sp³-hybridized carbons (Fsp3) is 0.200. The van der Waals surface area contributed by atoms with E-state index in [0.717, 1.165) is 52.5 Å². The third-order valence-electron chi connectivity index (χ3n) is 4.52. The van der Waals surface area contributed by atoms with Crippen LogP contribution in [0.15, 0.2) is 42.5 Å². The lowest BCUT2D eigenvalue weighted by atomic mass is 10.0. The number of benzene rings is 2. The second-order valence-electron chi connectivity index (χ2n) is 6.43. The summed E-state index contributed by atoms with van der Waals surface area (Å²) in [4.78, 5) is 16.4. The zero-order valence-corrected chi connectivity index (χ0v) is 15.3. The van der Waals surface area contributed by atoms with E-state index < -0.39 is 6.09 Å². The Bertz CT molecular complexity index is 985. The van der Waals surface area contributed by atoms with E-state index in [-0.39, 0.29) is 12.4 Å². The summed E-state index contributed by atoms with van der Waals surface area (Å²) < 4.78 is 13.7. The van der Waals surface area contributed by atoms with Crippen molar-refractivity contribution in [3.05, 3.63) is 64.3 Å². The Hall–Kier alpha value is -2.93. The Morgan fingerprint density at radius 2 is 2.00 bits per heavy atom. The average molecular weight is 383 g/mol. The van der Waals surface area contributed by atoms with Crippen molar-refractivity contribution in [1.29, 1.82) is 0 Å². The molecule has 3 N–H and O–H groups in total. The van der Waals surface area contributed by atoms with Crippen LogP contribution in [0.2, 0.25) is 0 Å². The lowest BCUT2D eigenvalue weighted by molar-refractivity contribution is 0.194. The van der Waals surface area contributed by atoms with Crippen molar-refractivity contribution in [3.63, 3.8) is 0 Å². The van der Waals surface area contributed by atoms with Crippen LogP contribution in [0.1, 0.15) is 22.4 Å². The molecule has 0 saturated heterocycles. The smallest absolute Gasteiger partial charge is 0.404 e. The van der Waals surface area contributed by atoms with Crippen molar-refractivity contribution in [2.75, 3.05) is 5.32 Å². The number of aromatic nitrogens is 1. The minimum atomic E-state index is -1.04. The van der Waals surface area contributed by atoms with Crippen molar-refractivity contribution >= 4 is 28.2 Å². The van der Waals surface area contributed by atoms with Crippen LogP contribution in [0.25, 0.3) is 11.3 Å². The van der Waals surface area contributed by atoms with Gasteiger partial charge in [-0.25, -0.2) is 14.2 Å². The fourth-order valence-electron chi connectivity index (χ4n) is 3.22. The number of anilines is 2. The van der Waals surface area contributed by atoms with Gasteiger partial charge < -0.3 is 15.7 Å². The first-order chi connectivity index (χ1) is 13.1. The molecule has 1 heterocycles. The van der Waals surface area contributed by atoms with Gasteiger partial charge >= 0.3 is 6.09 Å². The molecule has 0 fully saturated rings. The molecule has 1 aliphatic carbocycles. The molecule has 2 aromatic carbocycles. The Labute approximate surface area is 159 Å². The predicted molar refractivity (Wildman–Crippen MR) is 104 cm³/mol. The maximum absolute atomic E-state index is 13.7. The number of aryl methyl sites for hydroxylation is 2. The van der Waals surface area contributed by atoms with Crippen LogP contribution < -0.4 is 10.6 Å². The SMILES string of the molecule is O=C(O)NCc1ccc(Nc2nc3c(s2)CCCc2ccc(F)cc2-3)cc1. The molecular weight excluding hydrogens is 365 g/mol. The Morgan fingerprint density at radius 3 is 2.78 bits per heavy atom. The van der Waals surface area contributed by atoms with Gasteiger partial charge in [0.1, 0.15) is 5.82 Å². The van der Waals surface area contributed by atoms with Crippen LogP contribution in [0.4, 0.5) is 20.0 Å². The Balaban J connectivity index is 1.55. The van der Waals surface area contributed by atoms with Gasteiger partial charge in [0.25, 0.3) is 0 Å². The third-order valence-corrected chi connectivity index (χ3v) is 5.55. The van der Waals surface area contributed by atoms with Crippen LogP contribution in [0.5, 0.6) is 0 Å². The van der Waals surface area contributed by atoms with Crippen molar-refractivity contribution in [3.8, 4) is 11.3 Å². The second-order valence-corrected chi connectivity index (χ2v) is 7.51. The molecule has 5 nitrogen and oxygen atoms in total. The number of rotatable bonds is 4. The predicted octanol–water partition coefficient (Wildman–Crippen LogP) is 4.95. The van der Waals surface area contributed by atoms with E-state index in [2.05, 4.69) is 10.6 Å². The van der Waals surface area contributed by atoms with Gasteiger partial charge in [-0.3, -0.25) is 0 Å². The molecule has 138 valence electrons. The van der Waals surface area contributed by atoms with Crippen LogP contribution in [0, 0.1) is 5.82 Å². The lowest BCUT2D eigenvalue weighted by Gasteiger charge is -2.06. The second kappa shape index (κ2) is 7.36.